The summed E-state index contributed by atoms with van der Waals surface area (Å²) in [6.45, 7) is 9.47. The number of fused-ring (bicyclic) bond motifs is 1. The van der Waals surface area contributed by atoms with Crippen LogP contribution in [0.1, 0.15) is 46.1 Å². The van der Waals surface area contributed by atoms with Crippen LogP contribution in [0.15, 0.2) is 41.1 Å². The van der Waals surface area contributed by atoms with Crippen molar-refractivity contribution in [1.29, 1.82) is 15.8 Å². The summed E-state index contributed by atoms with van der Waals surface area (Å²) in [7, 11) is 1.51. The molecule has 0 bridgehead atoms. The molecule has 2 N–H and O–H groups in total. The number of nitriles is 3. The maximum Gasteiger partial charge on any atom is 0.410 e. The van der Waals surface area contributed by atoms with Crippen molar-refractivity contribution in [3.8, 4) is 29.7 Å². The standard InChI is InChI=1S/C27H31N5O4/c1-16(2)35-21-8-7-17(11-22(21)34-6)23-20-13-32(25(33)36-26(3,4)5)10-9-18(20)19(12-28)24(31)27(23,14-29)15-30/h7-9,11,16,20,23H,10,13,31H2,1-6H3/t20-,23+/m0/s1. The number of ether oxygens (including phenoxy) is 3. The quantitative estimate of drug-likeness (QED) is 0.664. The smallest absolute Gasteiger partial charge is 0.410 e. The lowest BCUT2D eigenvalue weighted by Gasteiger charge is -2.45. The van der Waals surface area contributed by atoms with Gasteiger partial charge in [0.25, 0.3) is 0 Å². The number of carbonyl (C=O) groups is 1. The van der Waals surface area contributed by atoms with Gasteiger partial charge in [-0.3, -0.25) is 0 Å². The third-order valence-electron chi connectivity index (χ3n) is 6.23. The van der Waals surface area contributed by atoms with E-state index in [9.17, 15) is 20.6 Å². The molecule has 0 saturated heterocycles. The first-order chi connectivity index (χ1) is 16.9. The Hall–Kier alpha value is -4.16. The first-order valence-electron chi connectivity index (χ1n) is 11.7. The van der Waals surface area contributed by atoms with E-state index in [0.717, 1.165) is 0 Å². The van der Waals surface area contributed by atoms with Crippen molar-refractivity contribution in [3.63, 3.8) is 0 Å². The van der Waals surface area contributed by atoms with E-state index in [1.165, 1.54) is 12.0 Å². The second-order valence-electron chi connectivity index (χ2n) is 10.1. The summed E-state index contributed by atoms with van der Waals surface area (Å²) in [5.41, 5.74) is 5.08. The van der Waals surface area contributed by atoms with Crippen molar-refractivity contribution in [2.24, 2.45) is 17.1 Å². The number of amides is 1. The summed E-state index contributed by atoms with van der Waals surface area (Å²) in [4.78, 5) is 14.4. The number of hydrogen-bond donors (Lipinski definition) is 1. The zero-order chi connectivity index (χ0) is 26.8. The molecule has 2 aliphatic rings. The third kappa shape index (κ3) is 4.68. The number of allylic oxidation sites excluding steroid dienone is 2. The van der Waals surface area contributed by atoms with Crippen molar-refractivity contribution < 1.29 is 19.0 Å². The predicted octanol–water partition coefficient (Wildman–Crippen LogP) is 4.14. The lowest BCUT2D eigenvalue weighted by Crippen LogP contribution is -2.50. The normalized spacial score (nSPS) is 20.9. The molecule has 1 aliphatic heterocycles. The third-order valence-corrected chi connectivity index (χ3v) is 6.23. The SMILES string of the molecule is COc1cc([C@@H]2[C@H]3CN(C(=O)OC(C)(C)C)CC=C3C(C#N)=C(N)C2(C#N)C#N)ccc1OC(C)C. The fraction of sp³-hybridized carbons (Fsp3) is 0.481. The highest BCUT2D eigenvalue weighted by Gasteiger charge is 2.55. The number of carbonyl (C=O) groups excluding carboxylic acids is 1. The molecule has 0 unspecified atom stereocenters. The number of nitrogens with two attached hydrogens (primary N) is 1. The van der Waals surface area contributed by atoms with Crippen LogP contribution in [0.3, 0.4) is 0 Å². The van der Waals surface area contributed by atoms with Gasteiger partial charge in [-0.25, -0.2) is 4.79 Å². The molecule has 36 heavy (non-hydrogen) atoms. The van der Waals surface area contributed by atoms with Crippen LogP contribution >= 0.6 is 0 Å². The monoisotopic (exact) mass is 489 g/mol. The molecular formula is C27H31N5O4. The molecule has 0 radical (unpaired) electrons. The largest absolute Gasteiger partial charge is 0.493 e. The fourth-order valence-electron chi connectivity index (χ4n) is 4.76. The Kier molecular flexibility index (Phi) is 7.22. The van der Waals surface area contributed by atoms with Crippen LogP contribution in [-0.4, -0.2) is 42.9 Å². The van der Waals surface area contributed by atoms with Gasteiger partial charge in [0, 0.05) is 24.9 Å². The Morgan fingerprint density at radius 2 is 1.86 bits per heavy atom. The number of benzene rings is 1. The van der Waals surface area contributed by atoms with Crippen LogP contribution in [-0.2, 0) is 4.74 Å². The lowest BCUT2D eigenvalue weighted by atomic mass is 9.58. The molecule has 0 saturated carbocycles. The molecule has 1 aliphatic carbocycles. The second kappa shape index (κ2) is 9.84. The average Bonchev–Trinajstić information content (AvgIpc) is 2.82. The van der Waals surface area contributed by atoms with Gasteiger partial charge in [0.15, 0.2) is 16.9 Å². The van der Waals surface area contributed by atoms with E-state index in [1.807, 2.05) is 13.8 Å². The number of hydrogen-bond acceptors (Lipinski definition) is 8. The van der Waals surface area contributed by atoms with Gasteiger partial charge in [-0.05, 0) is 57.9 Å². The summed E-state index contributed by atoms with van der Waals surface area (Å²) < 4.78 is 16.9. The molecule has 0 spiro atoms. The maximum atomic E-state index is 12.9. The van der Waals surface area contributed by atoms with Crippen molar-refractivity contribution in [3.05, 3.63) is 46.7 Å². The Morgan fingerprint density at radius 3 is 2.39 bits per heavy atom. The van der Waals surface area contributed by atoms with Crippen LogP contribution in [0.4, 0.5) is 4.79 Å². The number of rotatable bonds is 4. The van der Waals surface area contributed by atoms with Gasteiger partial charge >= 0.3 is 6.09 Å². The molecule has 1 aromatic carbocycles. The van der Waals surface area contributed by atoms with Crippen LogP contribution in [0.2, 0.25) is 0 Å². The van der Waals surface area contributed by atoms with E-state index in [0.29, 0.717) is 22.6 Å². The molecule has 0 aromatic heterocycles. The highest BCUT2D eigenvalue weighted by Crippen LogP contribution is 2.55. The first-order valence-corrected chi connectivity index (χ1v) is 11.7. The zero-order valence-electron chi connectivity index (χ0n) is 21.5. The molecule has 188 valence electrons. The molecule has 9 heteroatoms. The van der Waals surface area contributed by atoms with Crippen molar-refractivity contribution in [2.45, 2.75) is 52.2 Å². The molecule has 2 atom stereocenters. The molecule has 1 heterocycles. The molecular weight excluding hydrogens is 458 g/mol. The number of nitrogens with zero attached hydrogens (tertiary/aromatic N) is 4. The van der Waals surface area contributed by atoms with Gasteiger partial charge in [0.05, 0.1) is 36.6 Å². The minimum Gasteiger partial charge on any atom is -0.493 e. The Labute approximate surface area is 211 Å². The lowest BCUT2D eigenvalue weighted by molar-refractivity contribution is 0.0224. The van der Waals surface area contributed by atoms with Crippen molar-refractivity contribution >= 4 is 6.09 Å². The van der Waals surface area contributed by atoms with Crippen molar-refractivity contribution in [2.75, 3.05) is 20.2 Å². The van der Waals surface area contributed by atoms with E-state index in [1.54, 1.807) is 45.0 Å². The van der Waals surface area contributed by atoms with E-state index >= 15 is 0 Å². The zero-order valence-corrected chi connectivity index (χ0v) is 21.5. The highest BCUT2D eigenvalue weighted by molar-refractivity contribution is 5.70. The second-order valence-corrected chi connectivity index (χ2v) is 10.1. The molecule has 9 nitrogen and oxygen atoms in total. The van der Waals surface area contributed by atoms with E-state index in [4.69, 9.17) is 19.9 Å². The van der Waals surface area contributed by atoms with Crippen molar-refractivity contribution in [1.82, 2.24) is 4.90 Å². The van der Waals surface area contributed by atoms with Gasteiger partial charge in [0.1, 0.15) is 11.7 Å². The summed E-state index contributed by atoms with van der Waals surface area (Å²) in [5.74, 6) is -0.398. The van der Waals surface area contributed by atoms with Gasteiger partial charge in [-0.1, -0.05) is 12.1 Å². The molecule has 1 amide bonds. The summed E-state index contributed by atoms with van der Waals surface area (Å²) in [6, 6.07) is 11.5. The fourth-order valence-corrected chi connectivity index (χ4v) is 4.76. The minimum absolute atomic E-state index is 0.0882. The van der Waals surface area contributed by atoms with Crippen LogP contribution in [0.5, 0.6) is 11.5 Å². The van der Waals surface area contributed by atoms with Gasteiger partial charge in [-0.2, -0.15) is 15.8 Å². The highest BCUT2D eigenvalue weighted by atomic mass is 16.6. The summed E-state index contributed by atoms with van der Waals surface area (Å²) in [5, 5.41) is 30.5. The van der Waals surface area contributed by atoms with Gasteiger partial charge in [0.2, 0.25) is 0 Å². The van der Waals surface area contributed by atoms with Crippen LogP contribution in [0, 0.1) is 45.3 Å². The minimum atomic E-state index is -1.84. The Bertz CT molecular complexity index is 1220. The predicted molar refractivity (Wildman–Crippen MR) is 131 cm³/mol. The average molecular weight is 490 g/mol. The maximum absolute atomic E-state index is 12.9. The Balaban J connectivity index is 2.21. The van der Waals surface area contributed by atoms with Crippen LogP contribution < -0.4 is 15.2 Å². The van der Waals surface area contributed by atoms with Gasteiger partial charge < -0.3 is 24.8 Å². The van der Waals surface area contributed by atoms with E-state index in [2.05, 4.69) is 18.2 Å². The molecule has 1 aromatic rings. The van der Waals surface area contributed by atoms with Gasteiger partial charge in [-0.15, -0.1) is 0 Å². The van der Waals surface area contributed by atoms with E-state index in [-0.39, 0.29) is 30.5 Å². The number of methoxy groups -OCH3 is 1. The summed E-state index contributed by atoms with van der Waals surface area (Å²) >= 11 is 0. The Morgan fingerprint density at radius 1 is 1.19 bits per heavy atom. The topological polar surface area (TPSA) is 145 Å². The van der Waals surface area contributed by atoms with Crippen LogP contribution in [0.25, 0.3) is 0 Å². The molecule has 3 rings (SSSR count). The first kappa shape index (κ1) is 26.4. The molecule has 0 fully saturated rings. The summed E-state index contributed by atoms with van der Waals surface area (Å²) in [6.07, 6.45) is 1.14. The van der Waals surface area contributed by atoms with E-state index < -0.39 is 28.9 Å².